The summed E-state index contributed by atoms with van der Waals surface area (Å²) < 4.78 is 1.18. The molecular weight excluding hydrogens is 396 g/mol. The van der Waals surface area contributed by atoms with Gasteiger partial charge in [-0.1, -0.05) is 36.4 Å². The predicted octanol–water partition coefficient (Wildman–Crippen LogP) is 3.48. The van der Waals surface area contributed by atoms with Gasteiger partial charge in [0.15, 0.2) is 11.8 Å². The summed E-state index contributed by atoms with van der Waals surface area (Å²) in [5, 5.41) is 25.0. The zero-order valence-corrected chi connectivity index (χ0v) is 17.5. The maximum atomic E-state index is 10.6. The maximum absolute atomic E-state index is 10.6. The predicted molar refractivity (Wildman–Crippen MR) is 121 cm³/mol. The standard InChI is InChI=1S/C22H24N6OS/c1-2-23-22(24-12-15-6-5-8-17(10-15)21-26-14-27-28-21)25-13-18(29)20-11-16-7-3-4-9-19(16)30-20/h3-11,14,18,29H,2,12-13H2,1H3,(H2,23,24,25)(H,26,27,28). The summed E-state index contributed by atoms with van der Waals surface area (Å²) in [5.41, 5.74) is 2.03. The number of nitrogens with zero attached hydrogens (tertiary/aromatic N) is 3. The minimum Gasteiger partial charge on any atom is -0.386 e. The number of aromatic nitrogens is 3. The van der Waals surface area contributed by atoms with Crippen molar-refractivity contribution in [3.8, 4) is 11.4 Å². The molecule has 30 heavy (non-hydrogen) atoms. The van der Waals surface area contributed by atoms with Gasteiger partial charge in [0.05, 0.1) is 6.54 Å². The van der Waals surface area contributed by atoms with Crippen LogP contribution in [-0.2, 0) is 6.54 Å². The molecule has 0 bridgehead atoms. The third kappa shape index (κ3) is 4.84. The Labute approximate surface area is 178 Å². The average Bonchev–Trinajstić information content (AvgIpc) is 3.46. The highest BCUT2D eigenvalue weighted by molar-refractivity contribution is 7.19. The molecular formula is C22H24N6OS. The van der Waals surface area contributed by atoms with Crippen molar-refractivity contribution in [3.63, 3.8) is 0 Å². The molecule has 0 saturated carbocycles. The molecule has 0 fully saturated rings. The second-order valence-electron chi connectivity index (χ2n) is 6.81. The van der Waals surface area contributed by atoms with Crippen molar-refractivity contribution in [1.29, 1.82) is 0 Å². The number of guanidine groups is 1. The average molecular weight is 421 g/mol. The molecule has 0 spiro atoms. The molecule has 1 atom stereocenters. The number of rotatable bonds is 7. The lowest BCUT2D eigenvalue weighted by molar-refractivity contribution is 0.184. The van der Waals surface area contributed by atoms with Crippen molar-refractivity contribution in [1.82, 2.24) is 25.8 Å². The smallest absolute Gasteiger partial charge is 0.191 e. The van der Waals surface area contributed by atoms with Crippen LogP contribution >= 0.6 is 11.3 Å². The van der Waals surface area contributed by atoms with Crippen LogP contribution in [0.5, 0.6) is 0 Å². The first-order valence-corrected chi connectivity index (χ1v) is 10.7. The van der Waals surface area contributed by atoms with Crippen LogP contribution in [0, 0.1) is 0 Å². The molecule has 0 aliphatic rings. The SMILES string of the molecule is CCNC(=NCc1cccc(-c2ncn[nH]2)c1)NCC(O)c1cc2ccccc2s1. The van der Waals surface area contributed by atoms with Crippen LogP contribution in [-0.4, -0.2) is 39.3 Å². The summed E-state index contributed by atoms with van der Waals surface area (Å²) in [5.74, 6) is 1.40. The summed E-state index contributed by atoms with van der Waals surface area (Å²) in [7, 11) is 0. The van der Waals surface area contributed by atoms with Gasteiger partial charge >= 0.3 is 0 Å². The second kappa shape index (κ2) is 9.51. The van der Waals surface area contributed by atoms with Gasteiger partial charge in [-0.2, -0.15) is 5.10 Å². The van der Waals surface area contributed by atoms with Crippen LogP contribution in [0.25, 0.3) is 21.5 Å². The van der Waals surface area contributed by atoms with Gasteiger partial charge in [0.2, 0.25) is 0 Å². The Morgan fingerprint density at radius 2 is 2.07 bits per heavy atom. The minimum atomic E-state index is -0.596. The number of hydrogen-bond acceptors (Lipinski definition) is 5. The van der Waals surface area contributed by atoms with E-state index in [1.165, 1.54) is 11.0 Å². The Hall–Kier alpha value is -3.23. The third-order valence-corrected chi connectivity index (χ3v) is 5.83. The van der Waals surface area contributed by atoms with Gasteiger partial charge in [-0.15, -0.1) is 11.3 Å². The van der Waals surface area contributed by atoms with Gasteiger partial charge < -0.3 is 15.7 Å². The van der Waals surface area contributed by atoms with Gasteiger partial charge in [0.25, 0.3) is 0 Å². The van der Waals surface area contributed by atoms with E-state index in [1.807, 2.05) is 49.4 Å². The first-order valence-electron chi connectivity index (χ1n) is 9.86. The number of H-pyrrole nitrogens is 1. The van der Waals surface area contributed by atoms with E-state index in [1.54, 1.807) is 11.3 Å². The van der Waals surface area contributed by atoms with E-state index in [0.29, 0.717) is 19.0 Å². The lowest BCUT2D eigenvalue weighted by Gasteiger charge is -2.14. The molecule has 7 nitrogen and oxygen atoms in total. The Kier molecular flexibility index (Phi) is 6.36. The van der Waals surface area contributed by atoms with Crippen molar-refractivity contribution in [3.05, 3.63) is 71.4 Å². The monoisotopic (exact) mass is 420 g/mol. The highest BCUT2D eigenvalue weighted by Gasteiger charge is 2.12. The first-order chi connectivity index (χ1) is 14.7. The molecule has 8 heteroatoms. The molecule has 154 valence electrons. The van der Waals surface area contributed by atoms with Crippen molar-refractivity contribution in [2.45, 2.75) is 19.6 Å². The maximum Gasteiger partial charge on any atom is 0.191 e. The topological polar surface area (TPSA) is 98.2 Å². The number of fused-ring (bicyclic) bond motifs is 1. The van der Waals surface area contributed by atoms with Gasteiger partial charge in [-0.05, 0) is 36.1 Å². The quantitative estimate of drug-likeness (QED) is 0.271. The molecule has 0 saturated heterocycles. The number of aliphatic imine (C=N–C) groups is 1. The van der Waals surface area contributed by atoms with Crippen LogP contribution in [0.3, 0.4) is 0 Å². The van der Waals surface area contributed by atoms with Gasteiger partial charge in [0, 0.05) is 28.2 Å². The lowest BCUT2D eigenvalue weighted by atomic mass is 10.1. The van der Waals surface area contributed by atoms with E-state index >= 15 is 0 Å². The van der Waals surface area contributed by atoms with Gasteiger partial charge in [-0.25, -0.2) is 9.98 Å². The Morgan fingerprint density at radius 1 is 1.17 bits per heavy atom. The molecule has 1 unspecified atom stereocenters. The summed E-state index contributed by atoms with van der Waals surface area (Å²) in [4.78, 5) is 9.79. The van der Waals surface area contributed by atoms with E-state index in [-0.39, 0.29) is 0 Å². The highest BCUT2D eigenvalue weighted by Crippen LogP contribution is 2.29. The lowest BCUT2D eigenvalue weighted by Crippen LogP contribution is -2.39. The van der Waals surface area contributed by atoms with Crippen molar-refractivity contribution < 1.29 is 5.11 Å². The third-order valence-electron chi connectivity index (χ3n) is 4.62. The number of hydrogen-bond donors (Lipinski definition) is 4. The van der Waals surface area contributed by atoms with Gasteiger partial charge in [0.1, 0.15) is 12.4 Å². The van der Waals surface area contributed by atoms with E-state index < -0.39 is 6.10 Å². The molecule has 4 aromatic rings. The van der Waals surface area contributed by atoms with Crippen LogP contribution in [0.15, 0.2) is 65.9 Å². The fourth-order valence-electron chi connectivity index (χ4n) is 3.13. The fourth-order valence-corrected chi connectivity index (χ4v) is 4.18. The number of nitrogens with one attached hydrogen (secondary N) is 3. The number of thiophene rings is 1. The van der Waals surface area contributed by atoms with E-state index in [0.717, 1.165) is 33.8 Å². The molecule has 2 aromatic heterocycles. The van der Waals surface area contributed by atoms with Crippen LogP contribution in [0.4, 0.5) is 0 Å². The highest BCUT2D eigenvalue weighted by atomic mass is 32.1. The van der Waals surface area contributed by atoms with Crippen LogP contribution in [0.2, 0.25) is 0 Å². The molecule has 4 rings (SSSR count). The largest absolute Gasteiger partial charge is 0.386 e. The zero-order valence-electron chi connectivity index (χ0n) is 16.7. The van der Waals surface area contributed by atoms with E-state index in [2.05, 4.69) is 42.9 Å². The number of aliphatic hydroxyl groups is 1. The van der Waals surface area contributed by atoms with Crippen molar-refractivity contribution in [2.75, 3.05) is 13.1 Å². The van der Waals surface area contributed by atoms with Gasteiger partial charge in [-0.3, -0.25) is 5.10 Å². The van der Waals surface area contributed by atoms with E-state index in [4.69, 9.17) is 0 Å². The van der Waals surface area contributed by atoms with Crippen LogP contribution in [0.1, 0.15) is 23.5 Å². The Morgan fingerprint density at radius 3 is 2.87 bits per heavy atom. The number of benzene rings is 2. The molecule has 2 aromatic carbocycles. The van der Waals surface area contributed by atoms with Crippen LogP contribution < -0.4 is 10.6 Å². The van der Waals surface area contributed by atoms with Crippen molar-refractivity contribution in [2.24, 2.45) is 4.99 Å². The summed E-state index contributed by atoms with van der Waals surface area (Å²) in [6, 6.07) is 18.2. The van der Waals surface area contributed by atoms with Crippen molar-refractivity contribution >= 4 is 27.4 Å². The molecule has 0 aliphatic carbocycles. The molecule has 0 aliphatic heterocycles. The molecule has 0 radical (unpaired) electrons. The first kappa shape index (κ1) is 20.1. The summed E-state index contributed by atoms with van der Waals surface area (Å²) in [6.07, 6.45) is 0.899. The Balaban J connectivity index is 1.40. The number of aromatic amines is 1. The number of aliphatic hydroxyl groups excluding tert-OH is 1. The molecule has 0 amide bonds. The minimum absolute atomic E-state index is 0.386. The normalized spacial score (nSPS) is 12.8. The summed E-state index contributed by atoms with van der Waals surface area (Å²) >= 11 is 1.62. The summed E-state index contributed by atoms with van der Waals surface area (Å²) in [6.45, 7) is 3.65. The zero-order chi connectivity index (χ0) is 20.8. The molecule has 2 heterocycles. The Bertz CT molecular complexity index is 1090. The molecule has 4 N–H and O–H groups in total. The fraction of sp³-hybridized carbons (Fsp3) is 0.227. The second-order valence-corrected chi connectivity index (χ2v) is 7.93. The van der Waals surface area contributed by atoms with E-state index in [9.17, 15) is 5.11 Å².